The Hall–Kier alpha value is -2.92. The Labute approximate surface area is 174 Å². The second-order valence-corrected chi connectivity index (χ2v) is 7.98. The molecule has 0 aliphatic carbocycles. The van der Waals surface area contributed by atoms with Crippen molar-refractivity contribution < 1.29 is 13.9 Å². The first-order chi connectivity index (χ1) is 14.0. The van der Waals surface area contributed by atoms with Crippen LogP contribution in [0.4, 0.5) is 5.82 Å². The average molecular weight is 431 g/mol. The third-order valence-electron chi connectivity index (χ3n) is 4.19. The van der Waals surface area contributed by atoms with E-state index in [-0.39, 0.29) is 23.7 Å². The Bertz CT molecular complexity index is 1180. The Morgan fingerprint density at radius 1 is 1.38 bits per heavy atom. The van der Waals surface area contributed by atoms with Crippen molar-refractivity contribution in [3.05, 3.63) is 34.7 Å². The van der Waals surface area contributed by atoms with Crippen molar-refractivity contribution in [2.24, 2.45) is 7.05 Å². The van der Waals surface area contributed by atoms with Gasteiger partial charge in [-0.1, -0.05) is 17.8 Å². The van der Waals surface area contributed by atoms with Crippen LogP contribution in [0.25, 0.3) is 21.8 Å². The average Bonchev–Trinajstić information content (AvgIpc) is 3.39. The van der Waals surface area contributed by atoms with Gasteiger partial charge in [0.25, 0.3) is 0 Å². The number of esters is 1. The van der Waals surface area contributed by atoms with Crippen molar-refractivity contribution in [2.45, 2.75) is 24.8 Å². The predicted molar refractivity (Wildman–Crippen MR) is 111 cm³/mol. The van der Waals surface area contributed by atoms with Gasteiger partial charge in [0.15, 0.2) is 11.0 Å². The predicted octanol–water partition coefficient (Wildman–Crippen LogP) is 3.44. The lowest BCUT2D eigenvalue weighted by Crippen LogP contribution is -2.07. The van der Waals surface area contributed by atoms with Gasteiger partial charge in [-0.2, -0.15) is 4.98 Å². The molecular weight excluding hydrogens is 412 g/mol. The summed E-state index contributed by atoms with van der Waals surface area (Å²) >= 11 is 3.05. The maximum absolute atomic E-state index is 12.2. The van der Waals surface area contributed by atoms with E-state index in [9.17, 15) is 4.79 Å². The van der Waals surface area contributed by atoms with Crippen LogP contribution in [0.15, 0.2) is 27.1 Å². The number of nitrogens with zero attached hydrogens (tertiary/aromatic N) is 5. The van der Waals surface area contributed by atoms with E-state index in [2.05, 4.69) is 20.2 Å². The molecule has 2 N–H and O–H groups in total. The molecule has 4 aromatic heterocycles. The van der Waals surface area contributed by atoms with Gasteiger partial charge in [-0.3, -0.25) is 0 Å². The van der Waals surface area contributed by atoms with Gasteiger partial charge in [-0.25, -0.2) is 9.78 Å². The summed E-state index contributed by atoms with van der Waals surface area (Å²) in [6.45, 7) is 3.67. The second kappa shape index (κ2) is 7.84. The number of nitrogens with two attached hydrogens (primary N) is 1. The first-order valence-electron chi connectivity index (χ1n) is 8.78. The van der Waals surface area contributed by atoms with Crippen molar-refractivity contribution >= 4 is 46.0 Å². The van der Waals surface area contributed by atoms with E-state index >= 15 is 0 Å². The molecule has 0 atom stereocenters. The molecule has 0 fully saturated rings. The Kier molecular flexibility index (Phi) is 5.24. The summed E-state index contributed by atoms with van der Waals surface area (Å²) in [5.41, 5.74) is 6.65. The van der Waals surface area contributed by atoms with Gasteiger partial charge in [-0.15, -0.1) is 21.5 Å². The molecular formula is C18H18N6O3S2. The van der Waals surface area contributed by atoms with Crippen molar-refractivity contribution in [2.75, 3.05) is 12.3 Å². The number of carbonyl (C=O) groups excluding carboxylic acids is 1. The largest absolute Gasteiger partial charge is 0.462 e. The molecule has 0 aliphatic heterocycles. The molecule has 0 saturated heterocycles. The third kappa shape index (κ3) is 3.58. The Morgan fingerprint density at radius 3 is 2.93 bits per heavy atom. The van der Waals surface area contributed by atoms with Crippen molar-refractivity contribution in [3.8, 4) is 10.7 Å². The fourth-order valence-corrected chi connectivity index (χ4v) is 4.40. The SMILES string of the molecule is CCOC(=O)c1c(C)oc2nc(CSc3nnc(-c4cccs4)n3C)nc(N)c12. The highest BCUT2D eigenvalue weighted by Gasteiger charge is 2.24. The topological polar surface area (TPSA) is 122 Å². The van der Waals surface area contributed by atoms with E-state index in [0.29, 0.717) is 22.7 Å². The molecule has 4 rings (SSSR count). The minimum absolute atomic E-state index is 0.183. The number of anilines is 1. The van der Waals surface area contributed by atoms with Crippen molar-refractivity contribution in [1.82, 2.24) is 24.7 Å². The number of thiophene rings is 1. The number of carbonyl (C=O) groups is 1. The Morgan fingerprint density at radius 2 is 2.21 bits per heavy atom. The van der Waals surface area contributed by atoms with Crippen molar-refractivity contribution in [1.29, 1.82) is 0 Å². The lowest BCUT2D eigenvalue weighted by molar-refractivity contribution is 0.0526. The Balaban J connectivity index is 1.59. The number of hydrogen-bond acceptors (Lipinski definition) is 10. The molecule has 0 aliphatic rings. The van der Waals surface area contributed by atoms with E-state index in [0.717, 1.165) is 15.9 Å². The fourth-order valence-electron chi connectivity index (χ4n) is 2.89. The summed E-state index contributed by atoms with van der Waals surface area (Å²) in [5, 5.41) is 11.6. The van der Waals surface area contributed by atoms with Gasteiger partial charge in [0.2, 0.25) is 5.71 Å². The van der Waals surface area contributed by atoms with Crippen LogP contribution in [-0.2, 0) is 17.5 Å². The molecule has 150 valence electrons. The minimum atomic E-state index is -0.499. The van der Waals surface area contributed by atoms with Gasteiger partial charge in [0, 0.05) is 7.05 Å². The smallest absolute Gasteiger partial charge is 0.342 e. The summed E-state index contributed by atoms with van der Waals surface area (Å²) < 4.78 is 12.6. The number of ether oxygens (including phenoxy) is 1. The summed E-state index contributed by atoms with van der Waals surface area (Å²) in [4.78, 5) is 22.0. The second-order valence-electron chi connectivity index (χ2n) is 6.09. The number of thioether (sulfide) groups is 1. The summed E-state index contributed by atoms with van der Waals surface area (Å²) in [6, 6.07) is 3.98. The van der Waals surface area contributed by atoms with Crippen LogP contribution in [0.3, 0.4) is 0 Å². The van der Waals surface area contributed by atoms with Gasteiger partial charge in [0.05, 0.1) is 22.6 Å². The lowest BCUT2D eigenvalue weighted by atomic mass is 10.2. The molecule has 4 heterocycles. The van der Waals surface area contributed by atoms with E-state index in [1.54, 1.807) is 25.2 Å². The van der Waals surface area contributed by atoms with Gasteiger partial charge in [-0.05, 0) is 25.3 Å². The van der Waals surface area contributed by atoms with E-state index in [1.807, 2.05) is 29.1 Å². The van der Waals surface area contributed by atoms with Gasteiger partial charge < -0.3 is 19.5 Å². The molecule has 4 aromatic rings. The normalized spacial score (nSPS) is 11.3. The van der Waals surface area contributed by atoms with Crippen molar-refractivity contribution in [3.63, 3.8) is 0 Å². The van der Waals surface area contributed by atoms with E-state index < -0.39 is 5.97 Å². The molecule has 0 saturated carbocycles. The number of nitrogen functional groups attached to an aromatic ring is 1. The molecule has 0 radical (unpaired) electrons. The molecule has 9 nitrogen and oxygen atoms in total. The zero-order valence-electron chi connectivity index (χ0n) is 16.0. The minimum Gasteiger partial charge on any atom is -0.462 e. The van der Waals surface area contributed by atoms with Crippen LogP contribution >= 0.6 is 23.1 Å². The van der Waals surface area contributed by atoms with Crippen LogP contribution in [-0.4, -0.2) is 37.3 Å². The van der Waals surface area contributed by atoms with E-state index in [1.165, 1.54) is 11.8 Å². The monoisotopic (exact) mass is 430 g/mol. The molecule has 0 amide bonds. The third-order valence-corrected chi connectivity index (χ3v) is 6.07. The van der Waals surface area contributed by atoms with Gasteiger partial charge >= 0.3 is 5.97 Å². The first kappa shape index (κ1) is 19.4. The fraction of sp³-hybridized carbons (Fsp3) is 0.278. The zero-order chi connectivity index (χ0) is 20.5. The number of hydrogen-bond donors (Lipinski definition) is 1. The van der Waals surface area contributed by atoms with E-state index in [4.69, 9.17) is 14.9 Å². The van der Waals surface area contributed by atoms with Crippen LogP contribution < -0.4 is 5.73 Å². The molecule has 0 spiro atoms. The summed E-state index contributed by atoms with van der Waals surface area (Å²) in [6.07, 6.45) is 0. The molecule has 0 unspecified atom stereocenters. The zero-order valence-corrected chi connectivity index (χ0v) is 17.6. The summed E-state index contributed by atoms with van der Waals surface area (Å²) in [5.74, 6) is 1.79. The highest BCUT2D eigenvalue weighted by Crippen LogP contribution is 2.31. The van der Waals surface area contributed by atoms with Gasteiger partial charge in [0.1, 0.15) is 23.0 Å². The molecule has 0 aromatic carbocycles. The number of rotatable bonds is 6. The standard InChI is InChI=1S/C18H18N6O3S2/c1-4-26-17(25)12-9(2)27-16-13(12)14(19)20-11(21-16)8-29-18-23-22-15(24(18)3)10-6-5-7-28-10/h5-7H,4,8H2,1-3H3,(H2,19,20,21). The van der Waals surface area contributed by atoms with Crippen LogP contribution in [0, 0.1) is 6.92 Å². The number of fused-ring (bicyclic) bond motifs is 1. The molecule has 0 bridgehead atoms. The number of aromatic nitrogens is 5. The van der Waals surface area contributed by atoms with Crippen LogP contribution in [0.1, 0.15) is 28.9 Å². The number of aryl methyl sites for hydroxylation is 1. The molecule has 29 heavy (non-hydrogen) atoms. The lowest BCUT2D eigenvalue weighted by Gasteiger charge is -2.04. The highest BCUT2D eigenvalue weighted by molar-refractivity contribution is 7.98. The highest BCUT2D eigenvalue weighted by atomic mass is 32.2. The maximum atomic E-state index is 12.2. The molecule has 11 heteroatoms. The van der Waals surface area contributed by atoms with Crippen LogP contribution in [0.5, 0.6) is 0 Å². The summed E-state index contributed by atoms with van der Waals surface area (Å²) in [7, 11) is 1.91. The number of furan rings is 1. The maximum Gasteiger partial charge on any atom is 0.342 e. The first-order valence-corrected chi connectivity index (χ1v) is 10.6. The quantitative estimate of drug-likeness (QED) is 0.362. The van der Waals surface area contributed by atoms with Crippen LogP contribution in [0.2, 0.25) is 0 Å².